The van der Waals surface area contributed by atoms with Crippen molar-refractivity contribution in [3.63, 3.8) is 0 Å². The monoisotopic (exact) mass is 503 g/mol. The zero-order valence-electron chi connectivity index (χ0n) is 23.3. The van der Waals surface area contributed by atoms with Crippen molar-refractivity contribution in [3.8, 4) is 5.75 Å². The van der Waals surface area contributed by atoms with Gasteiger partial charge in [-0.15, -0.1) is 0 Å². The Hall–Kier alpha value is -2.63. The van der Waals surface area contributed by atoms with Crippen LogP contribution in [0.4, 0.5) is 0 Å². The van der Waals surface area contributed by atoms with Gasteiger partial charge < -0.3 is 19.4 Å². The molecule has 0 unspecified atom stereocenters. The Bertz CT molecular complexity index is 1070. The second kappa shape index (κ2) is 13.3. The number of benzene rings is 2. The van der Waals surface area contributed by atoms with Gasteiger partial charge in [-0.1, -0.05) is 50.3 Å². The molecule has 0 aromatic heterocycles. The van der Waals surface area contributed by atoms with E-state index in [1.807, 2.05) is 0 Å². The number of piperidine rings is 1. The highest BCUT2D eigenvalue weighted by atomic mass is 16.5. The van der Waals surface area contributed by atoms with Crippen LogP contribution in [0.2, 0.25) is 0 Å². The summed E-state index contributed by atoms with van der Waals surface area (Å²) in [6, 6.07) is 14.8. The Kier molecular flexibility index (Phi) is 9.81. The van der Waals surface area contributed by atoms with Gasteiger partial charge >= 0.3 is 0 Å². The molecule has 2 aliphatic rings. The first-order chi connectivity index (χ1) is 18.0. The second-order valence-corrected chi connectivity index (χ2v) is 10.8. The van der Waals surface area contributed by atoms with Gasteiger partial charge in [0.15, 0.2) is 0 Å². The van der Waals surface area contributed by atoms with E-state index in [9.17, 15) is 4.79 Å². The van der Waals surface area contributed by atoms with E-state index in [0.29, 0.717) is 13.0 Å². The molecule has 0 atom stereocenters. The molecule has 2 aromatic rings. The van der Waals surface area contributed by atoms with E-state index in [0.717, 1.165) is 74.8 Å². The molecule has 37 heavy (non-hydrogen) atoms. The number of ether oxygens (including phenoxy) is 1. The first-order valence-electron chi connectivity index (χ1n) is 14.2. The maximum Gasteiger partial charge on any atom is 0.226 e. The highest BCUT2D eigenvalue weighted by molar-refractivity contribution is 5.86. The third-order valence-electron chi connectivity index (χ3n) is 8.02. The lowest BCUT2D eigenvalue weighted by Crippen LogP contribution is -2.40. The average Bonchev–Trinajstić information content (AvgIpc) is 3.06. The van der Waals surface area contributed by atoms with Crippen molar-refractivity contribution in [2.24, 2.45) is 5.92 Å². The standard InChI is InChI=1S/C32H45N3O2/c1-5-34(6-2)19-15-25-16-20-35(21-17-25)32(36)23-26-13-14-31-30(22-26)29(12-9-18-33(3)4)28-11-8-7-10-27(28)24-37-31/h7-8,10-14,22,25H,5-6,9,15-21,23-24H2,1-4H3/b29-12-. The minimum absolute atomic E-state index is 0.246. The molecule has 200 valence electrons. The number of amides is 1. The largest absolute Gasteiger partial charge is 0.488 e. The summed E-state index contributed by atoms with van der Waals surface area (Å²) in [5.41, 5.74) is 5.82. The molecular formula is C32H45N3O2. The van der Waals surface area contributed by atoms with Gasteiger partial charge in [-0.25, -0.2) is 0 Å². The Morgan fingerprint density at radius 2 is 1.78 bits per heavy atom. The molecule has 0 N–H and O–H groups in total. The second-order valence-electron chi connectivity index (χ2n) is 10.8. The third-order valence-corrected chi connectivity index (χ3v) is 8.02. The molecule has 1 fully saturated rings. The third kappa shape index (κ3) is 7.24. The summed E-state index contributed by atoms with van der Waals surface area (Å²) in [5, 5.41) is 0. The number of fused-ring (bicyclic) bond motifs is 2. The van der Waals surface area contributed by atoms with Crippen LogP contribution in [0.15, 0.2) is 48.5 Å². The van der Waals surface area contributed by atoms with Crippen molar-refractivity contribution in [2.45, 2.75) is 52.6 Å². The van der Waals surface area contributed by atoms with Crippen LogP contribution >= 0.6 is 0 Å². The summed E-state index contributed by atoms with van der Waals surface area (Å²) >= 11 is 0. The molecule has 1 amide bonds. The number of carbonyl (C=O) groups excluding carboxylic acids is 1. The predicted molar refractivity (Wildman–Crippen MR) is 153 cm³/mol. The number of carbonyl (C=O) groups is 1. The number of likely N-dealkylation sites (tertiary alicyclic amines) is 1. The Balaban J connectivity index is 1.44. The molecule has 5 heteroatoms. The Labute approximate surface area is 224 Å². The maximum atomic E-state index is 13.3. The predicted octanol–water partition coefficient (Wildman–Crippen LogP) is 5.48. The first kappa shape index (κ1) is 27.4. The zero-order valence-corrected chi connectivity index (χ0v) is 23.3. The SMILES string of the molecule is CCN(CC)CCC1CCN(C(=O)Cc2ccc3c(c2)/C(=C\CCN(C)C)c2ccccc2CO3)CC1. The van der Waals surface area contributed by atoms with Crippen LogP contribution < -0.4 is 4.74 Å². The van der Waals surface area contributed by atoms with Crippen LogP contribution in [0.3, 0.4) is 0 Å². The molecule has 0 spiro atoms. The number of rotatable bonds is 10. The van der Waals surface area contributed by atoms with Crippen molar-refractivity contribution in [1.29, 1.82) is 0 Å². The van der Waals surface area contributed by atoms with Crippen LogP contribution in [-0.2, 0) is 17.8 Å². The lowest BCUT2D eigenvalue weighted by atomic mass is 9.91. The zero-order chi connectivity index (χ0) is 26.2. The fourth-order valence-corrected chi connectivity index (χ4v) is 5.58. The summed E-state index contributed by atoms with van der Waals surface area (Å²) in [5.74, 6) is 1.89. The van der Waals surface area contributed by atoms with Gasteiger partial charge in [-0.05, 0) is 99.7 Å². The smallest absolute Gasteiger partial charge is 0.226 e. The molecular weight excluding hydrogens is 458 g/mol. The lowest BCUT2D eigenvalue weighted by molar-refractivity contribution is -0.131. The molecule has 0 radical (unpaired) electrons. The summed E-state index contributed by atoms with van der Waals surface area (Å²) in [6.07, 6.45) is 7.24. The highest BCUT2D eigenvalue weighted by Gasteiger charge is 2.24. The topological polar surface area (TPSA) is 36.0 Å². The van der Waals surface area contributed by atoms with Crippen LogP contribution in [0.5, 0.6) is 5.75 Å². The first-order valence-corrected chi connectivity index (χ1v) is 14.2. The van der Waals surface area contributed by atoms with Gasteiger partial charge in [0, 0.05) is 25.2 Å². The van der Waals surface area contributed by atoms with Crippen LogP contribution in [-0.4, -0.2) is 74.0 Å². The van der Waals surface area contributed by atoms with E-state index in [4.69, 9.17) is 4.74 Å². The van der Waals surface area contributed by atoms with E-state index >= 15 is 0 Å². The molecule has 2 aromatic carbocycles. The van der Waals surface area contributed by atoms with E-state index in [2.05, 4.69) is 91.2 Å². The van der Waals surface area contributed by atoms with Crippen molar-refractivity contribution in [2.75, 3.05) is 53.4 Å². The van der Waals surface area contributed by atoms with Gasteiger partial charge in [-0.2, -0.15) is 0 Å². The molecule has 4 rings (SSSR count). The quantitative estimate of drug-likeness (QED) is 0.430. The van der Waals surface area contributed by atoms with E-state index in [1.54, 1.807) is 0 Å². The Morgan fingerprint density at radius 1 is 1.03 bits per heavy atom. The number of hydrogen-bond donors (Lipinski definition) is 0. The highest BCUT2D eigenvalue weighted by Crippen LogP contribution is 2.37. The van der Waals surface area contributed by atoms with Gasteiger partial charge in [0.1, 0.15) is 12.4 Å². The minimum atomic E-state index is 0.246. The molecule has 1 saturated heterocycles. The van der Waals surface area contributed by atoms with Gasteiger partial charge in [0.05, 0.1) is 6.42 Å². The van der Waals surface area contributed by atoms with Crippen molar-refractivity contribution >= 4 is 11.5 Å². The van der Waals surface area contributed by atoms with Gasteiger partial charge in [-0.3, -0.25) is 4.79 Å². The van der Waals surface area contributed by atoms with Crippen LogP contribution in [0.25, 0.3) is 5.57 Å². The number of hydrogen-bond acceptors (Lipinski definition) is 4. The maximum absolute atomic E-state index is 13.3. The van der Waals surface area contributed by atoms with Gasteiger partial charge in [0.2, 0.25) is 5.91 Å². The average molecular weight is 504 g/mol. The minimum Gasteiger partial charge on any atom is -0.488 e. The fourth-order valence-electron chi connectivity index (χ4n) is 5.58. The Morgan fingerprint density at radius 3 is 2.51 bits per heavy atom. The number of nitrogens with zero attached hydrogens (tertiary/aromatic N) is 3. The summed E-state index contributed by atoms with van der Waals surface area (Å²) in [6.45, 7) is 11.2. The van der Waals surface area contributed by atoms with Crippen molar-refractivity contribution in [1.82, 2.24) is 14.7 Å². The molecule has 2 aliphatic heterocycles. The van der Waals surface area contributed by atoms with Crippen molar-refractivity contribution < 1.29 is 9.53 Å². The van der Waals surface area contributed by atoms with Crippen molar-refractivity contribution in [3.05, 3.63) is 70.8 Å². The molecule has 2 heterocycles. The van der Waals surface area contributed by atoms with E-state index in [1.165, 1.54) is 29.7 Å². The molecule has 0 bridgehead atoms. The summed E-state index contributed by atoms with van der Waals surface area (Å²) in [7, 11) is 4.21. The van der Waals surface area contributed by atoms with Gasteiger partial charge in [0.25, 0.3) is 0 Å². The molecule has 5 nitrogen and oxygen atoms in total. The van der Waals surface area contributed by atoms with Crippen LogP contribution in [0, 0.1) is 5.92 Å². The summed E-state index contributed by atoms with van der Waals surface area (Å²) in [4.78, 5) is 20.1. The fraction of sp³-hybridized carbons (Fsp3) is 0.531. The van der Waals surface area contributed by atoms with Crippen LogP contribution in [0.1, 0.15) is 61.8 Å². The van der Waals surface area contributed by atoms with E-state index in [-0.39, 0.29) is 5.91 Å². The summed E-state index contributed by atoms with van der Waals surface area (Å²) < 4.78 is 6.23. The lowest BCUT2D eigenvalue weighted by Gasteiger charge is -2.33. The normalized spacial score (nSPS) is 17.0. The molecule has 0 saturated carbocycles. The molecule has 0 aliphatic carbocycles. The van der Waals surface area contributed by atoms with E-state index < -0.39 is 0 Å².